The lowest BCUT2D eigenvalue weighted by atomic mass is 9.99. The van der Waals surface area contributed by atoms with Crippen molar-refractivity contribution in [2.45, 2.75) is 0 Å². The molecule has 0 radical (unpaired) electrons. The Morgan fingerprint density at radius 1 is 1.10 bits per heavy atom. The van der Waals surface area contributed by atoms with E-state index in [1.165, 1.54) is 6.07 Å². The molecular weight excluding hydrogens is 274 g/mol. The number of pyridine rings is 1. The first-order chi connectivity index (χ1) is 9.65. The molecule has 1 N–H and O–H groups in total. The van der Waals surface area contributed by atoms with Gasteiger partial charge in [-0.3, -0.25) is 4.98 Å². The molecule has 1 aromatic heterocycles. The Balaban J connectivity index is 2.28. The lowest BCUT2D eigenvalue weighted by Gasteiger charge is -2.08. The lowest BCUT2D eigenvalue weighted by Crippen LogP contribution is -1.96. The Bertz CT molecular complexity index is 809. The molecule has 2 aromatic carbocycles. The Morgan fingerprint density at radius 3 is 2.70 bits per heavy atom. The van der Waals surface area contributed by atoms with Crippen LogP contribution in [0.5, 0.6) is 0 Å². The summed E-state index contributed by atoms with van der Waals surface area (Å²) in [5, 5.41) is 11.5. The van der Waals surface area contributed by atoms with Gasteiger partial charge in [0.05, 0.1) is 5.56 Å². The van der Waals surface area contributed by atoms with Crippen molar-refractivity contribution in [1.82, 2.24) is 4.98 Å². The van der Waals surface area contributed by atoms with Crippen molar-refractivity contribution in [3.63, 3.8) is 0 Å². The van der Waals surface area contributed by atoms with Crippen LogP contribution in [0, 0.1) is 0 Å². The van der Waals surface area contributed by atoms with Gasteiger partial charge in [0.25, 0.3) is 0 Å². The third-order valence-electron chi connectivity index (χ3n) is 3.12. The van der Waals surface area contributed by atoms with Gasteiger partial charge in [0, 0.05) is 28.4 Å². The first-order valence-electron chi connectivity index (χ1n) is 6.02. The molecule has 0 saturated carbocycles. The first kappa shape index (κ1) is 12.6. The van der Waals surface area contributed by atoms with Crippen LogP contribution in [-0.2, 0) is 0 Å². The van der Waals surface area contributed by atoms with E-state index in [1.807, 2.05) is 24.3 Å². The average molecular weight is 284 g/mol. The van der Waals surface area contributed by atoms with E-state index < -0.39 is 5.97 Å². The predicted molar refractivity (Wildman–Crippen MR) is 79.1 cm³/mol. The Hall–Kier alpha value is -2.39. The minimum atomic E-state index is -0.998. The summed E-state index contributed by atoms with van der Waals surface area (Å²) in [5.74, 6) is -0.998. The molecule has 3 aromatic rings. The highest BCUT2D eigenvalue weighted by Gasteiger charge is 2.10. The molecule has 0 bridgehead atoms. The van der Waals surface area contributed by atoms with Crippen molar-refractivity contribution in [2.24, 2.45) is 0 Å². The van der Waals surface area contributed by atoms with Gasteiger partial charge in [0.2, 0.25) is 0 Å². The van der Waals surface area contributed by atoms with Crippen molar-refractivity contribution in [3.8, 4) is 11.1 Å². The maximum Gasteiger partial charge on any atom is 0.335 e. The number of fused-ring (bicyclic) bond motifs is 1. The van der Waals surface area contributed by atoms with Gasteiger partial charge in [-0.05, 0) is 29.1 Å². The molecule has 0 aliphatic carbocycles. The van der Waals surface area contributed by atoms with Gasteiger partial charge < -0.3 is 5.11 Å². The Kier molecular flexibility index (Phi) is 3.12. The molecule has 0 aliphatic rings. The number of rotatable bonds is 2. The smallest absolute Gasteiger partial charge is 0.335 e. The van der Waals surface area contributed by atoms with E-state index in [9.17, 15) is 4.79 Å². The van der Waals surface area contributed by atoms with Crippen LogP contribution in [-0.4, -0.2) is 16.1 Å². The summed E-state index contributed by atoms with van der Waals surface area (Å²) < 4.78 is 0. The van der Waals surface area contributed by atoms with E-state index in [0.717, 1.165) is 21.9 Å². The van der Waals surface area contributed by atoms with Crippen LogP contribution in [0.25, 0.3) is 21.9 Å². The van der Waals surface area contributed by atoms with Crippen LogP contribution in [0.3, 0.4) is 0 Å². The van der Waals surface area contributed by atoms with Gasteiger partial charge in [-0.1, -0.05) is 35.9 Å². The van der Waals surface area contributed by atoms with Crippen LogP contribution in [0.4, 0.5) is 0 Å². The topological polar surface area (TPSA) is 50.2 Å². The lowest BCUT2D eigenvalue weighted by molar-refractivity contribution is 0.0697. The normalized spacial score (nSPS) is 10.7. The van der Waals surface area contributed by atoms with Crippen LogP contribution < -0.4 is 0 Å². The van der Waals surface area contributed by atoms with E-state index in [0.29, 0.717) is 5.02 Å². The molecule has 0 unspecified atom stereocenters. The minimum absolute atomic E-state index is 0.167. The first-order valence-corrected chi connectivity index (χ1v) is 6.40. The van der Waals surface area contributed by atoms with Gasteiger partial charge in [-0.2, -0.15) is 0 Å². The SMILES string of the molecule is O=C(O)c1cc(Cl)cc(-c2cncc3ccccc23)c1. The van der Waals surface area contributed by atoms with Crippen molar-refractivity contribution in [1.29, 1.82) is 0 Å². The molecular formula is C16H10ClNO2. The number of aromatic nitrogens is 1. The monoisotopic (exact) mass is 283 g/mol. The van der Waals surface area contributed by atoms with Crippen LogP contribution in [0.1, 0.15) is 10.4 Å². The molecule has 20 heavy (non-hydrogen) atoms. The van der Waals surface area contributed by atoms with E-state index in [-0.39, 0.29) is 5.56 Å². The zero-order valence-corrected chi connectivity index (χ0v) is 11.1. The summed E-state index contributed by atoms with van der Waals surface area (Å²) in [5.41, 5.74) is 1.78. The zero-order chi connectivity index (χ0) is 14.1. The molecule has 4 heteroatoms. The summed E-state index contributed by atoms with van der Waals surface area (Å²) in [4.78, 5) is 15.3. The third-order valence-corrected chi connectivity index (χ3v) is 3.34. The summed E-state index contributed by atoms with van der Waals surface area (Å²) in [6.07, 6.45) is 3.50. The van der Waals surface area contributed by atoms with Crippen LogP contribution >= 0.6 is 11.6 Å². The fourth-order valence-electron chi connectivity index (χ4n) is 2.22. The quantitative estimate of drug-likeness (QED) is 0.765. The maximum absolute atomic E-state index is 11.1. The van der Waals surface area contributed by atoms with Gasteiger partial charge >= 0.3 is 5.97 Å². The van der Waals surface area contributed by atoms with Crippen molar-refractivity contribution in [3.05, 3.63) is 65.4 Å². The summed E-state index contributed by atoms with van der Waals surface area (Å²) >= 11 is 6.01. The predicted octanol–water partition coefficient (Wildman–Crippen LogP) is 4.25. The van der Waals surface area contributed by atoms with Crippen molar-refractivity contribution in [2.75, 3.05) is 0 Å². The van der Waals surface area contributed by atoms with Crippen LogP contribution in [0.15, 0.2) is 54.9 Å². The van der Waals surface area contributed by atoms with Gasteiger partial charge in [0.15, 0.2) is 0 Å². The maximum atomic E-state index is 11.1. The van der Waals surface area contributed by atoms with Crippen LogP contribution in [0.2, 0.25) is 5.02 Å². The number of hydrogen-bond acceptors (Lipinski definition) is 2. The number of carbonyl (C=O) groups is 1. The Morgan fingerprint density at radius 2 is 1.90 bits per heavy atom. The zero-order valence-electron chi connectivity index (χ0n) is 10.4. The highest BCUT2D eigenvalue weighted by atomic mass is 35.5. The average Bonchev–Trinajstić information content (AvgIpc) is 2.46. The van der Waals surface area contributed by atoms with E-state index in [4.69, 9.17) is 16.7 Å². The summed E-state index contributed by atoms with van der Waals surface area (Å²) in [6.45, 7) is 0. The standard InChI is InChI=1S/C16H10ClNO2/c17-13-6-11(5-12(7-13)16(19)20)15-9-18-8-10-3-1-2-4-14(10)15/h1-9H,(H,19,20). The molecule has 0 aliphatic heterocycles. The molecule has 0 spiro atoms. The molecule has 0 amide bonds. The van der Waals surface area contributed by atoms with E-state index in [1.54, 1.807) is 24.5 Å². The highest BCUT2D eigenvalue weighted by molar-refractivity contribution is 6.31. The Labute approximate surface area is 120 Å². The summed E-state index contributed by atoms with van der Waals surface area (Å²) in [6, 6.07) is 12.6. The second kappa shape index (κ2) is 4.94. The van der Waals surface area contributed by atoms with Gasteiger partial charge in [-0.25, -0.2) is 4.79 Å². The number of carboxylic acids is 1. The molecule has 0 saturated heterocycles. The number of nitrogens with zero attached hydrogens (tertiary/aromatic N) is 1. The largest absolute Gasteiger partial charge is 0.478 e. The molecule has 98 valence electrons. The summed E-state index contributed by atoms with van der Waals surface area (Å²) in [7, 11) is 0. The van der Waals surface area contributed by atoms with E-state index >= 15 is 0 Å². The molecule has 1 heterocycles. The minimum Gasteiger partial charge on any atom is -0.478 e. The van der Waals surface area contributed by atoms with Gasteiger partial charge in [0.1, 0.15) is 0 Å². The second-order valence-corrected chi connectivity index (χ2v) is 4.88. The number of hydrogen-bond donors (Lipinski definition) is 1. The number of aromatic carboxylic acids is 1. The number of benzene rings is 2. The molecule has 0 fully saturated rings. The fourth-order valence-corrected chi connectivity index (χ4v) is 2.45. The third kappa shape index (κ3) is 2.24. The second-order valence-electron chi connectivity index (χ2n) is 4.44. The van der Waals surface area contributed by atoms with E-state index in [2.05, 4.69) is 4.98 Å². The molecule has 3 nitrogen and oxygen atoms in total. The van der Waals surface area contributed by atoms with Crippen molar-refractivity contribution >= 4 is 28.3 Å². The highest BCUT2D eigenvalue weighted by Crippen LogP contribution is 2.30. The number of carboxylic acid groups (broad SMARTS) is 1. The fraction of sp³-hybridized carbons (Fsp3) is 0. The molecule has 0 atom stereocenters. The molecule has 3 rings (SSSR count). The van der Waals surface area contributed by atoms with Crippen molar-refractivity contribution < 1.29 is 9.90 Å². The van der Waals surface area contributed by atoms with Gasteiger partial charge in [-0.15, -0.1) is 0 Å². The number of halogens is 1.